The number of benzene rings is 1. The van der Waals surface area contributed by atoms with E-state index in [-0.39, 0.29) is 35.2 Å². The Kier molecular flexibility index (Phi) is 5.81. The summed E-state index contributed by atoms with van der Waals surface area (Å²) in [6.07, 6.45) is 0.535. The predicted octanol–water partition coefficient (Wildman–Crippen LogP) is 3.57. The van der Waals surface area contributed by atoms with Crippen LogP contribution >= 0.6 is 22.9 Å². The average Bonchev–Trinajstić information content (AvgIpc) is 2.96. The number of nitrogens with zero attached hydrogens (tertiary/aromatic N) is 2. The Hall–Kier alpha value is -2.71. The lowest BCUT2D eigenvalue weighted by Crippen LogP contribution is -2.26. The summed E-state index contributed by atoms with van der Waals surface area (Å²) < 4.78 is 1.45. The molecule has 0 bridgehead atoms. The molecule has 2 aromatic heterocycles. The van der Waals surface area contributed by atoms with E-state index in [1.165, 1.54) is 4.57 Å². The lowest BCUT2D eigenvalue weighted by Gasteiger charge is -2.12. The van der Waals surface area contributed by atoms with Crippen molar-refractivity contribution in [2.45, 2.75) is 32.7 Å². The second-order valence-corrected chi connectivity index (χ2v) is 7.76. The second-order valence-electron chi connectivity index (χ2n) is 6.33. The van der Waals surface area contributed by atoms with Crippen molar-refractivity contribution >= 4 is 45.1 Å². The molecule has 7 nitrogen and oxygen atoms in total. The van der Waals surface area contributed by atoms with Crippen LogP contribution in [0.15, 0.2) is 29.1 Å². The third-order valence-corrected chi connectivity index (χ3v) is 5.80. The molecule has 3 aromatic rings. The van der Waals surface area contributed by atoms with Crippen molar-refractivity contribution in [3.63, 3.8) is 0 Å². The summed E-state index contributed by atoms with van der Waals surface area (Å²) in [4.78, 5) is 40.4. The van der Waals surface area contributed by atoms with Gasteiger partial charge < -0.3 is 10.2 Å². The summed E-state index contributed by atoms with van der Waals surface area (Å²) >= 11 is 6.89. The van der Waals surface area contributed by atoms with Gasteiger partial charge in [-0.2, -0.15) is 0 Å². The van der Waals surface area contributed by atoms with Gasteiger partial charge in [-0.3, -0.25) is 14.2 Å². The van der Waals surface area contributed by atoms with Crippen molar-refractivity contribution < 1.29 is 19.8 Å². The van der Waals surface area contributed by atoms with Crippen LogP contribution in [0.4, 0.5) is 0 Å². The van der Waals surface area contributed by atoms with E-state index >= 15 is 0 Å². The number of carboxylic acid groups (broad SMARTS) is 2. The third kappa shape index (κ3) is 4.07. The van der Waals surface area contributed by atoms with Crippen LogP contribution in [0, 0.1) is 6.92 Å². The quantitative estimate of drug-likeness (QED) is 0.604. The van der Waals surface area contributed by atoms with Gasteiger partial charge in [0.15, 0.2) is 0 Å². The van der Waals surface area contributed by atoms with Gasteiger partial charge in [0.1, 0.15) is 15.5 Å². The highest BCUT2D eigenvalue weighted by atomic mass is 35.5. The van der Waals surface area contributed by atoms with Crippen LogP contribution in [-0.2, 0) is 17.8 Å². The smallest absolute Gasteiger partial charge is 0.346 e. The van der Waals surface area contributed by atoms with E-state index in [0.29, 0.717) is 27.7 Å². The number of fused-ring (bicyclic) bond motifs is 1. The van der Waals surface area contributed by atoms with Gasteiger partial charge in [-0.15, -0.1) is 11.3 Å². The average molecular weight is 421 g/mol. The van der Waals surface area contributed by atoms with E-state index in [1.807, 2.05) is 12.1 Å². The summed E-state index contributed by atoms with van der Waals surface area (Å²) in [7, 11) is 0. The number of aromatic nitrogens is 2. The molecule has 0 spiro atoms. The zero-order chi connectivity index (χ0) is 20.4. The Morgan fingerprint density at radius 2 is 1.89 bits per heavy atom. The maximum Gasteiger partial charge on any atom is 0.346 e. The first-order chi connectivity index (χ1) is 13.3. The van der Waals surface area contributed by atoms with Gasteiger partial charge in [0.25, 0.3) is 5.56 Å². The monoisotopic (exact) mass is 420 g/mol. The van der Waals surface area contributed by atoms with Crippen LogP contribution in [0.1, 0.15) is 39.5 Å². The fraction of sp³-hybridized carbons (Fsp3) is 0.263. The number of aromatic carboxylic acids is 1. The number of rotatable bonds is 7. The molecule has 9 heteroatoms. The summed E-state index contributed by atoms with van der Waals surface area (Å²) in [5.74, 6) is -1.58. The van der Waals surface area contributed by atoms with Crippen molar-refractivity contribution in [1.82, 2.24) is 9.55 Å². The molecule has 0 atom stereocenters. The number of carboxylic acids is 2. The van der Waals surface area contributed by atoms with E-state index < -0.39 is 11.9 Å². The minimum Gasteiger partial charge on any atom is -0.481 e. The molecule has 0 aliphatic rings. The topological polar surface area (TPSA) is 109 Å². The molecule has 28 heavy (non-hydrogen) atoms. The summed E-state index contributed by atoms with van der Waals surface area (Å²) in [6.45, 7) is 1.78. The molecule has 0 fully saturated rings. The second kappa shape index (κ2) is 8.12. The van der Waals surface area contributed by atoms with Gasteiger partial charge in [0.05, 0.1) is 5.39 Å². The van der Waals surface area contributed by atoms with Crippen molar-refractivity contribution in [2.24, 2.45) is 0 Å². The molecular formula is C19H17ClN2O5S. The van der Waals surface area contributed by atoms with Gasteiger partial charge >= 0.3 is 11.9 Å². The number of hydrogen-bond donors (Lipinski definition) is 2. The maximum atomic E-state index is 13.1. The maximum absolute atomic E-state index is 13.1. The van der Waals surface area contributed by atoms with Crippen LogP contribution in [-0.4, -0.2) is 31.7 Å². The Morgan fingerprint density at radius 1 is 1.21 bits per heavy atom. The molecular weight excluding hydrogens is 404 g/mol. The molecule has 0 aliphatic carbocycles. The first-order valence-electron chi connectivity index (χ1n) is 8.50. The van der Waals surface area contributed by atoms with Crippen molar-refractivity contribution in [3.8, 4) is 0 Å². The molecule has 2 heterocycles. The lowest BCUT2D eigenvalue weighted by atomic mass is 10.1. The Balaban J connectivity index is 2.12. The first kappa shape index (κ1) is 20.0. The fourth-order valence-electron chi connectivity index (χ4n) is 3.00. The van der Waals surface area contributed by atoms with E-state index in [9.17, 15) is 19.5 Å². The molecule has 0 saturated heterocycles. The number of carbonyl (C=O) groups is 2. The Labute approximate surface area is 168 Å². The highest BCUT2D eigenvalue weighted by molar-refractivity contribution is 7.20. The molecule has 0 radical (unpaired) electrons. The van der Waals surface area contributed by atoms with E-state index in [4.69, 9.17) is 16.7 Å². The Bertz CT molecular complexity index is 1120. The van der Waals surface area contributed by atoms with Crippen molar-refractivity contribution in [3.05, 3.63) is 61.5 Å². The number of hydrogen-bond acceptors (Lipinski definition) is 5. The van der Waals surface area contributed by atoms with Crippen LogP contribution in [0.25, 0.3) is 10.2 Å². The van der Waals surface area contributed by atoms with Crippen LogP contribution in [0.3, 0.4) is 0 Å². The van der Waals surface area contributed by atoms with Crippen LogP contribution < -0.4 is 5.56 Å². The fourth-order valence-corrected chi connectivity index (χ4v) is 4.16. The standard InChI is InChI=1S/C19H17ClN2O5S/c1-10-15-17(28-16(10)19(26)27)21-13(9-11-4-6-12(20)7-5-11)22(18(15)25)8-2-3-14(23)24/h4-7H,2-3,8-9H2,1H3,(H,23,24)(H,26,27). The number of aryl methyl sites for hydroxylation is 1. The molecule has 146 valence electrons. The summed E-state index contributed by atoms with van der Waals surface area (Å²) in [5.41, 5.74) is 0.921. The van der Waals surface area contributed by atoms with Crippen LogP contribution in [0.5, 0.6) is 0 Å². The molecule has 2 N–H and O–H groups in total. The molecule has 0 aliphatic heterocycles. The van der Waals surface area contributed by atoms with Crippen LogP contribution in [0.2, 0.25) is 5.02 Å². The normalized spacial score (nSPS) is 11.1. The highest BCUT2D eigenvalue weighted by Crippen LogP contribution is 2.28. The van der Waals surface area contributed by atoms with Crippen molar-refractivity contribution in [1.29, 1.82) is 0 Å². The zero-order valence-corrected chi connectivity index (χ0v) is 16.5. The molecule has 0 unspecified atom stereocenters. The number of thiophene rings is 1. The first-order valence-corrected chi connectivity index (χ1v) is 9.69. The van der Waals surface area contributed by atoms with E-state index in [1.54, 1.807) is 19.1 Å². The van der Waals surface area contributed by atoms with Gasteiger partial charge in [0, 0.05) is 24.4 Å². The summed E-state index contributed by atoms with van der Waals surface area (Å²) in [6, 6.07) is 7.12. The minimum atomic E-state index is -1.10. The predicted molar refractivity (Wildman–Crippen MR) is 107 cm³/mol. The number of aliphatic carboxylic acids is 1. The van der Waals surface area contributed by atoms with Gasteiger partial charge in [-0.05, 0) is 36.6 Å². The number of halogens is 1. The third-order valence-electron chi connectivity index (χ3n) is 4.37. The largest absolute Gasteiger partial charge is 0.481 e. The van der Waals surface area contributed by atoms with Gasteiger partial charge in [0.2, 0.25) is 0 Å². The molecule has 0 amide bonds. The highest BCUT2D eigenvalue weighted by Gasteiger charge is 2.21. The SMILES string of the molecule is Cc1c(C(=O)O)sc2nc(Cc3ccc(Cl)cc3)n(CCCC(=O)O)c(=O)c12. The van der Waals surface area contributed by atoms with Crippen molar-refractivity contribution in [2.75, 3.05) is 0 Å². The molecule has 0 saturated carbocycles. The van der Waals surface area contributed by atoms with Gasteiger partial charge in [-0.25, -0.2) is 9.78 Å². The molecule has 1 aromatic carbocycles. The van der Waals surface area contributed by atoms with E-state index in [0.717, 1.165) is 16.9 Å². The minimum absolute atomic E-state index is 0.0755. The molecule has 3 rings (SSSR count). The zero-order valence-electron chi connectivity index (χ0n) is 14.9. The van der Waals surface area contributed by atoms with Gasteiger partial charge in [-0.1, -0.05) is 23.7 Å². The van der Waals surface area contributed by atoms with E-state index in [2.05, 4.69) is 4.98 Å². The lowest BCUT2D eigenvalue weighted by molar-refractivity contribution is -0.137. The summed E-state index contributed by atoms with van der Waals surface area (Å²) in [5, 5.41) is 19.1. The Morgan fingerprint density at radius 3 is 2.50 bits per heavy atom.